The molecule has 4 aromatic carbocycles. The number of amides is 12. The van der Waals surface area contributed by atoms with E-state index in [2.05, 4.69) is 84.7 Å². The molecule has 1 aliphatic heterocycles. The molecule has 1 heterocycles. The highest BCUT2D eigenvalue weighted by atomic mass is 32.1. The van der Waals surface area contributed by atoms with Gasteiger partial charge in [0.15, 0.2) is 16.5 Å². The molecule has 0 bridgehead atoms. The van der Waals surface area contributed by atoms with Gasteiger partial charge in [0.2, 0.25) is 70.9 Å². The number of nitrogens with zero attached hydrogens (tertiary/aromatic N) is 3. The molecule has 0 spiro atoms. The number of rotatable bonds is 45. The lowest BCUT2D eigenvalue weighted by atomic mass is 9.90. The van der Waals surface area contributed by atoms with Crippen LogP contribution in [0.25, 0.3) is 33.4 Å². The molecule has 24 N–H and O–H groups in total. The number of aryl methyl sites for hydroxylation is 1. The molecule has 0 radical (unpaired) electrons. The quantitative estimate of drug-likeness (QED) is 0.00529. The summed E-state index contributed by atoms with van der Waals surface area (Å²) in [5, 5.41) is 104. The summed E-state index contributed by atoms with van der Waals surface area (Å²) in [6.45, 7) is 2.34. The minimum Gasteiger partial charge on any atom is -0.508 e. The molecule has 0 aromatic heterocycles. The number of guanidine groups is 1. The lowest BCUT2D eigenvalue weighted by molar-refractivity contribution is -0.137. The third-order valence-electron chi connectivity index (χ3n) is 17.8. The molecule has 634 valence electrons. The van der Waals surface area contributed by atoms with Crippen molar-refractivity contribution in [3.05, 3.63) is 124 Å². The van der Waals surface area contributed by atoms with Gasteiger partial charge in [0.05, 0.1) is 55.3 Å². The summed E-state index contributed by atoms with van der Waals surface area (Å²) in [6, 6.07) is 15.9. The molecular formula is C77H100N20O20S. The largest absolute Gasteiger partial charge is 0.508 e. The molecule has 1 aliphatic carbocycles. The van der Waals surface area contributed by atoms with Crippen LogP contribution in [-0.2, 0) is 64.0 Å². The normalized spacial score (nSPS) is 13.3. The highest BCUT2D eigenvalue weighted by molar-refractivity contribution is 7.80. The molecule has 40 nitrogen and oxygen atoms in total. The van der Waals surface area contributed by atoms with Gasteiger partial charge in [-0.2, -0.15) is 10.2 Å². The predicted octanol–water partition coefficient (Wildman–Crippen LogP) is -1.28. The van der Waals surface area contributed by atoms with Crippen molar-refractivity contribution in [1.29, 1.82) is 5.41 Å². The highest BCUT2D eigenvalue weighted by Gasteiger charge is 2.36. The number of carboxylic acid groups (broad SMARTS) is 1. The summed E-state index contributed by atoms with van der Waals surface area (Å²) in [4.78, 5) is 186. The molecule has 12 amide bonds. The maximum atomic E-state index is 14.4. The first-order valence-electron chi connectivity index (χ1n) is 37.4. The monoisotopic (exact) mass is 1660 g/mol. The number of nitrogens with one attached hydrogen (secondary N) is 15. The number of phenolic OH excluding ortho intramolecular Hbond substituents is 1. The van der Waals surface area contributed by atoms with Crippen molar-refractivity contribution >= 4 is 134 Å². The van der Waals surface area contributed by atoms with Crippen molar-refractivity contribution in [3.8, 4) is 28.2 Å². The van der Waals surface area contributed by atoms with Gasteiger partial charge in [-0.1, -0.05) is 18.2 Å². The summed E-state index contributed by atoms with van der Waals surface area (Å²) < 4.78 is 5.90. The lowest BCUT2D eigenvalue weighted by Gasteiger charge is -2.27. The molecular weight excluding hydrogens is 1560 g/mol. The van der Waals surface area contributed by atoms with E-state index in [1.807, 2.05) is 55.4 Å². The first-order valence-corrected chi connectivity index (χ1v) is 37.8. The second-order valence-electron chi connectivity index (χ2n) is 27.5. The Morgan fingerprint density at radius 1 is 0.559 bits per heavy atom. The average Bonchev–Trinajstić information content (AvgIpc) is 0.747. The number of benzene rings is 5. The second-order valence-corrected chi connectivity index (χ2v) is 27.9. The van der Waals surface area contributed by atoms with Crippen LogP contribution in [0.15, 0.2) is 123 Å². The molecule has 2 aliphatic rings. The number of anilines is 2. The van der Waals surface area contributed by atoms with Crippen molar-refractivity contribution in [1.82, 2.24) is 69.1 Å². The van der Waals surface area contributed by atoms with Crippen LogP contribution in [0, 0.1) is 5.41 Å². The zero-order valence-electron chi connectivity index (χ0n) is 65.6. The number of aliphatic hydroxyl groups excluding tert-OH is 3. The Morgan fingerprint density at radius 3 is 1.72 bits per heavy atom. The van der Waals surface area contributed by atoms with E-state index in [1.54, 1.807) is 30.3 Å². The van der Waals surface area contributed by atoms with Gasteiger partial charge in [-0.3, -0.25) is 67.7 Å². The van der Waals surface area contributed by atoms with Crippen LogP contribution in [0.5, 0.6) is 5.75 Å². The Morgan fingerprint density at radius 2 is 1.11 bits per heavy atom. The number of phenols is 1. The van der Waals surface area contributed by atoms with Gasteiger partial charge in [-0.15, -0.1) is 0 Å². The number of fused-ring (bicyclic) bond motifs is 2. The number of aromatic hydroxyl groups is 1. The van der Waals surface area contributed by atoms with Gasteiger partial charge in [0.1, 0.15) is 59.4 Å². The number of carbonyl (C=O) groups excluding carboxylic acids is 12. The predicted molar refractivity (Wildman–Crippen MR) is 436 cm³/mol. The number of carboxylic acids is 1. The first-order chi connectivity index (χ1) is 56.0. The number of aromatic carboxylic acids is 1. The fourth-order valence-electron chi connectivity index (χ4n) is 11.6. The molecule has 0 saturated carbocycles. The number of carbonyl (C=O) groups is 13. The van der Waals surface area contributed by atoms with Crippen LogP contribution in [0.2, 0.25) is 0 Å². The summed E-state index contributed by atoms with van der Waals surface area (Å²) in [5.74, 6) is -13.0. The maximum absolute atomic E-state index is 14.4. The number of aliphatic hydroxyl groups is 3. The number of unbranched alkanes of at least 4 members (excludes halogenated alkanes) is 1. The molecule has 118 heavy (non-hydrogen) atoms. The van der Waals surface area contributed by atoms with Crippen LogP contribution in [-0.4, -0.2) is 228 Å². The summed E-state index contributed by atoms with van der Waals surface area (Å²) in [6.07, 6.45) is -3.39. The molecule has 41 heteroatoms. The number of hydrogen-bond acceptors (Lipinski definition) is 24. The van der Waals surface area contributed by atoms with E-state index < -0.39 is 158 Å². The molecule has 0 fully saturated rings. The van der Waals surface area contributed by atoms with Crippen molar-refractivity contribution < 1.29 is 92.3 Å². The first kappa shape index (κ1) is 93.6. The topological polar surface area (TPSA) is 626 Å². The number of nitrogens with two attached hydrogens (primary N) is 2. The zero-order valence-corrected chi connectivity index (χ0v) is 66.4. The summed E-state index contributed by atoms with van der Waals surface area (Å²) in [7, 11) is 3.85. The Bertz CT molecular complexity index is 4640. The Kier molecular flexibility index (Phi) is 36.7. The van der Waals surface area contributed by atoms with E-state index in [4.69, 9.17) is 33.5 Å². The third-order valence-corrected chi connectivity index (χ3v) is 18.0. The van der Waals surface area contributed by atoms with E-state index in [0.717, 1.165) is 32.0 Å². The van der Waals surface area contributed by atoms with E-state index in [-0.39, 0.29) is 109 Å². The summed E-state index contributed by atoms with van der Waals surface area (Å²) in [5.41, 5.74) is 15.0. The van der Waals surface area contributed by atoms with Gasteiger partial charge in [-0.05, 0) is 162 Å². The minimum absolute atomic E-state index is 0.0177. The van der Waals surface area contributed by atoms with Gasteiger partial charge < -0.3 is 121 Å². The van der Waals surface area contributed by atoms with E-state index >= 15 is 0 Å². The standard InChI is InChI=1S/C77H100N20O20S/c1-40(87-74(114)67(42(3)100)94-71(111)57(36-61(78)104)88-43(4)101)68(108)90-56(12-9-30-83-76(79)80)69(109)91-55(11-7-8-29-81-62(105)28-15-44-13-16-45(17-14-44)95-96-46-18-21-48(22-19-46)97(5)6)70(110)92-58(39-98)72(112)93-66(41(2)99)73(113)86-38-64(107)85-37-63(106)82-31-10-32-84-77(118)89-47-20-25-51(54(33-47)75(115)116)65-52-26-23-49(102)34-59(52)117-60-35-50(103)24-27-53(60)65/h13-14,16-27,33-35,40-42,55-58,66-67,98-100,102H,7-12,15,28-32,36-39H2,1-6H3,(H2,78,104)(H,81,105)(H,82,106)(H,85,107)(H,86,113)(H,87,114)(H,88,101)(H,90,108)(H,91,109)(H,92,110)(H,93,112)(H,94,111)(H,115,116)(H4,79,80,83)(H2,84,89,118)/t40-,41+,42+,55-,56-,57-,58-,66-,67-/m0/s1. The Labute approximate surface area is 682 Å². The molecule has 4 aromatic rings. The van der Waals surface area contributed by atoms with Crippen LogP contribution in [0.1, 0.15) is 95.0 Å². The number of thiocarbonyl (C=S) groups is 1. The van der Waals surface area contributed by atoms with E-state index in [1.165, 1.54) is 43.3 Å². The van der Waals surface area contributed by atoms with Gasteiger partial charge >= 0.3 is 5.97 Å². The van der Waals surface area contributed by atoms with Crippen LogP contribution >= 0.6 is 12.2 Å². The average molecular weight is 1660 g/mol. The molecule has 9 atom stereocenters. The summed E-state index contributed by atoms with van der Waals surface area (Å²) >= 11 is 5.44. The second kappa shape index (κ2) is 46.3. The molecule has 6 rings (SSSR count). The maximum Gasteiger partial charge on any atom is 0.336 e. The SMILES string of the molecule is CC(=O)N[C@@H](CC(N)=O)C(=O)N[C@H](C(=O)N[C@@H](C)C(=O)N[C@@H](CCCNC(=N)N)C(=O)N[C@@H](CCCCNC(=O)CCc1ccc(N=Nc2ccc(N(C)C)cc2)cc1)C(=O)N[C@@H](CO)C(=O)N[C@H](C(=O)NCC(=O)NCC(=O)NCCCNC(=S)Nc1ccc(-c2c3ccc(=O)cc-3oc3cc(O)ccc23)c(C(=O)O)c1)[C@@H](C)O)[C@@H](C)O. The van der Waals surface area contributed by atoms with E-state index in [0.29, 0.717) is 46.4 Å². The van der Waals surface area contributed by atoms with Crippen molar-refractivity contribution in [2.75, 3.05) is 70.2 Å². The van der Waals surface area contributed by atoms with Gasteiger partial charge in [0, 0.05) is 93.6 Å². The smallest absolute Gasteiger partial charge is 0.336 e. The molecule has 0 unspecified atom stereocenters. The molecule has 0 saturated heterocycles. The van der Waals surface area contributed by atoms with Gasteiger partial charge in [0.25, 0.3) is 0 Å². The fraction of sp³-hybridized carbons (Fsp3) is 0.403. The van der Waals surface area contributed by atoms with Crippen molar-refractivity contribution in [3.63, 3.8) is 0 Å². The third kappa shape index (κ3) is 30.5. The van der Waals surface area contributed by atoms with Crippen LogP contribution < -0.4 is 96.2 Å². The van der Waals surface area contributed by atoms with Crippen LogP contribution in [0.3, 0.4) is 0 Å². The number of primary amides is 1. The fourth-order valence-corrected chi connectivity index (χ4v) is 11.8. The van der Waals surface area contributed by atoms with E-state index in [9.17, 15) is 92.7 Å². The van der Waals surface area contributed by atoms with Crippen LogP contribution in [0.4, 0.5) is 22.7 Å². The highest BCUT2D eigenvalue weighted by Crippen LogP contribution is 2.42. The minimum atomic E-state index is -1.90. The Hall–Kier alpha value is -13.3. The van der Waals surface area contributed by atoms with Crippen molar-refractivity contribution in [2.45, 2.75) is 140 Å². The van der Waals surface area contributed by atoms with Crippen molar-refractivity contribution in [2.24, 2.45) is 21.7 Å². The lowest BCUT2D eigenvalue weighted by Crippen LogP contribution is -2.61. The zero-order chi connectivity index (χ0) is 86.9. The number of azo groups is 1. The Balaban J connectivity index is 1.03. The van der Waals surface area contributed by atoms with Gasteiger partial charge in [-0.25, -0.2) is 4.79 Å². The number of hydrogen-bond donors (Lipinski definition) is 22.